The van der Waals surface area contributed by atoms with Gasteiger partial charge in [-0.1, -0.05) is 12.1 Å². The minimum absolute atomic E-state index is 0.293. The van der Waals surface area contributed by atoms with Crippen LogP contribution in [0.2, 0.25) is 0 Å². The second kappa shape index (κ2) is 7.05. The highest BCUT2D eigenvalue weighted by molar-refractivity contribution is 7.91. The molecule has 0 saturated carbocycles. The van der Waals surface area contributed by atoms with Crippen molar-refractivity contribution in [3.05, 3.63) is 29.8 Å². The Balaban J connectivity index is 2.67. The molecule has 0 aliphatic rings. The van der Waals surface area contributed by atoms with E-state index in [0.717, 1.165) is 24.3 Å². The number of carbonyl (C=O) groups excluding carboxylic acids is 1. The SMILES string of the molecule is NCC(F)(F)CNC(=O)Cc1ccc(S(=O)(=O)C(F)F)cc1. The van der Waals surface area contributed by atoms with Crippen molar-refractivity contribution in [1.29, 1.82) is 0 Å². The van der Waals surface area contributed by atoms with Gasteiger partial charge in [-0.05, 0) is 17.7 Å². The molecule has 5 nitrogen and oxygen atoms in total. The van der Waals surface area contributed by atoms with Crippen LogP contribution in [0.25, 0.3) is 0 Å². The summed E-state index contributed by atoms with van der Waals surface area (Å²) in [6.07, 6.45) is -0.296. The Morgan fingerprint density at radius 1 is 1.23 bits per heavy atom. The van der Waals surface area contributed by atoms with Crippen LogP contribution in [0, 0.1) is 0 Å². The molecule has 1 aromatic carbocycles. The van der Waals surface area contributed by atoms with Crippen molar-refractivity contribution in [2.75, 3.05) is 13.1 Å². The molecule has 0 spiro atoms. The lowest BCUT2D eigenvalue weighted by atomic mass is 10.1. The van der Waals surface area contributed by atoms with Crippen molar-refractivity contribution in [3.8, 4) is 0 Å². The van der Waals surface area contributed by atoms with Gasteiger partial charge >= 0.3 is 5.76 Å². The fourth-order valence-electron chi connectivity index (χ4n) is 1.45. The Morgan fingerprint density at radius 2 is 1.77 bits per heavy atom. The van der Waals surface area contributed by atoms with Crippen LogP contribution in [0.15, 0.2) is 29.2 Å². The van der Waals surface area contributed by atoms with E-state index in [2.05, 4.69) is 0 Å². The van der Waals surface area contributed by atoms with E-state index in [0.29, 0.717) is 5.56 Å². The second-order valence-corrected chi connectivity index (χ2v) is 6.38. The Labute approximate surface area is 124 Å². The number of nitrogens with two attached hydrogens (primary N) is 1. The molecule has 0 aliphatic carbocycles. The van der Waals surface area contributed by atoms with Crippen LogP contribution >= 0.6 is 0 Å². The average molecular weight is 342 g/mol. The van der Waals surface area contributed by atoms with Gasteiger partial charge in [0, 0.05) is 0 Å². The molecule has 0 aliphatic heterocycles. The maximum atomic E-state index is 12.8. The number of sulfone groups is 1. The summed E-state index contributed by atoms with van der Waals surface area (Å²) in [4.78, 5) is 10.9. The van der Waals surface area contributed by atoms with E-state index in [1.807, 2.05) is 5.32 Å². The summed E-state index contributed by atoms with van der Waals surface area (Å²) in [7, 11) is -4.70. The first-order valence-electron chi connectivity index (χ1n) is 6.04. The molecule has 0 heterocycles. The van der Waals surface area contributed by atoms with Gasteiger partial charge in [0.05, 0.1) is 24.4 Å². The van der Waals surface area contributed by atoms with Crippen LogP contribution in [0.1, 0.15) is 5.56 Å². The van der Waals surface area contributed by atoms with Gasteiger partial charge < -0.3 is 11.1 Å². The van der Waals surface area contributed by atoms with Crippen LogP contribution in [0.4, 0.5) is 17.6 Å². The third-order valence-corrected chi connectivity index (χ3v) is 4.09. The Hall–Kier alpha value is -1.68. The smallest absolute Gasteiger partial charge is 0.341 e. The van der Waals surface area contributed by atoms with Crippen LogP contribution in [-0.4, -0.2) is 39.1 Å². The number of amides is 1. The van der Waals surface area contributed by atoms with E-state index in [1.165, 1.54) is 0 Å². The molecule has 1 aromatic rings. The van der Waals surface area contributed by atoms with E-state index in [4.69, 9.17) is 5.73 Å². The van der Waals surface area contributed by atoms with Crippen molar-refractivity contribution in [1.82, 2.24) is 5.32 Å². The van der Waals surface area contributed by atoms with E-state index in [-0.39, 0.29) is 6.42 Å². The van der Waals surface area contributed by atoms with E-state index in [9.17, 15) is 30.8 Å². The van der Waals surface area contributed by atoms with Crippen LogP contribution in [0.5, 0.6) is 0 Å². The zero-order chi connectivity index (χ0) is 17.0. The summed E-state index contributed by atoms with van der Waals surface area (Å²) < 4.78 is 72.7. The lowest BCUT2D eigenvalue weighted by Crippen LogP contribution is -2.42. The molecule has 0 bridgehead atoms. The highest BCUT2D eigenvalue weighted by Gasteiger charge is 2.28. The van der Waals surface area contributed by atoms with Crippen molar-refractivity contribution in [2.24, 2.45) is 5.73 Å². The third-order valence-electron chi connectivity index (χ3n) is 2.69. The fourth-order valence-corrected chi connectivity index (χ4v) is 2.17. The number of nitrogens with one attached hydrogen (secondary N) is 1. The molecule has 1 amide bonds. The van der Waals surface area contributed by atoms with Gasteiger partial charge in [0.15, 0.2) is 0 Å². The van der Waals surface area contributed by atoms with Crippen molar-refractivity contribution >= 4 is 15.7 Å². The summed E-state index contributed by atoms with van der Waals surface area (Å²) >= 11 is 0. The van der Waals surface area contributed by atoms with E-state index < -0.39 is 45.4 Å². The summed E-state index contributed by atoms with van der Waals surface area (Å²) in [5.41, 5.74) is 5.10. The van der Waals surface area contributed by atoms with E-state index >= 15 is 0 Å². The van der Waals surface area contributed by atoms with Gasteiger partial charge in [-0.15, -0.1) is 0 Å². The standard InChI is InChI=1S/C12H14F4N2O3S/c13-11(14)22(20,21)9-3-1-8(2-4-9)5-10(19)18-7-12(15,16)6-17/h1-4,11H,5-7,17H2,(H,18,19). The average Bonchev–Trinajstić information content (AvgIpc) is 2.46. The minimum Gasteiger partial charge on any atom is -0.350 e. The molecule has 22 heavy (non-hydrogen) atoms. The Kier molecular flexibility index (Phi) is 5.89. The topological polar surface area (TPSA) is 89.3 Å². The fraction of sp³-hybridized carbons (Fsp3) is 0.417. The van der Waals surface area contributed by atoms with Gasteiger partial charge in [-0.25, -0.2) is 17.2 Å². The molecule has 0 atom stereocenters. The predicted octanol–water partition coefficient (Wildman–Crippen LogP) is 0.936. The molecule has 10 heteroatoms. The van der Waals surface area contributed by atoms with Gasteiger partial charge in [0.25, 0.3) is 5.92 Å². The molecular formula is C12H14F4N2O3S. The van der Waals surface area contributed by atoms with E-state index in [1.54, 1.807) is 0 Å². The number of rotatable bonds is 7. The molecule has 0 saturated heterocycles. The normalized spacial score (nSPS) is 12.5. The Morgan fingerprint density at radius 3 is 2.23 bits per heavy atom. The lowest BCUT2D eigenvalue weighted by molar-refractivity contribution is -0.122. The van der Waals surface area contributed by atoms with Crippen molar-refractivity contribution < 1.29 is 30.8 Å². The monoisotopic (exact) mass is 342 g/mol. The van der Waals surface area contributed by atoms with Crippen molar-refractivity contribution in [2.45, 2.75) is 23.0 Å². The maximum absolute atomic E-state index is 12.8. The van der Waals surface area contributed by atoms with Crippen molar-refractivity contribution in [3.63, 3.8) is 0 Å². The summed E-state index contributed by atoms with van der Waals surface area (Å²) in [5, 5.41) is 1.98. The quantitative estimate of drug-likeness (QED) is 0.722. The number of hydrogen-bond acceptors (Lipinski definition) is 4. The zero-order valence-corrected chi connectivity index (χ0v) is 12.0. The van der Waals surface area contributed by atoms with Crippen LogP contribution in [-0.2, 0) is 21.1 Å². The minimum atomic E-state index is -4.70. The summed E-state index contributed by atoms with van der Waals surface area (Å²) in [5.74, 6) is -7.48. The largest absolute Gasteiger partial charge is 0.350 e. The van der Waals surface area contributed by atoms with Crippen LogP contribution in [0.3, 0.4) is 0 Å². The van der Waals surface area contributed by atoms with Crippen LogP contribution < -0.4 is 11.1 Å². The molecular weight excluding hydrogens is 328 g/mol. The summed E-state index contributed by atoms with van der Waals surface area (Å²) in [6, 6.07) is 4.18. The number of alkyl halides is 4. The van der Waals surface area contributed by atoms with Gasteiger partial charge in [0.1, 0.15) is 0 Å². The number of hydrogen-bond donors (Lipinski definition) is 2. The van der Waals surface area contributed by atoms with Gasteiger partial charge in [-0.3, -0.25) is 4.79 Å². The molecule has 1 rings (SSSR count). The first-order valence-corrected chi connectivity index (χ1v) is 7.59. The first-order chi connectivity index (χ1) is 10.1. The van der Waals surface area contributed by atoms with Gasteiger partial charge in [0.2, 0.25) is 15.7 Å². The summed E-state index contributed by atoms with van der Waals surface area (Å²) in [6.45, 7) is -1.83. The lowest BCUT2D eigenvalue weighted by Gasteiger charge is -2.14. The first kappa shape index (κ1) is 18.4. The molecule has 0 radical (unpaired) electrons. The third kappa shape index (κ3) is 4.95. The highest BCUT2D eigenvalue weighted by atomic mass is 32.2. The molecule has 0 aromatic heterocycles. The number of benzene rings is 1. The Bertz CT molecular complexity index is 618. The van der Waals surface area contributed by atoms with Gasteiger partial charge in [-0.2, -0.15) is 8.78 Å². The maximum Gasteiger partial charge on any atom is 0.341 e. The zero-order valence-electron chi connectivity index (χ0n) is 11.2. The highest BCUT2D eigenvalue weighted by Crippen LogP contribution is 2.18. The number of halogens is 4. The molecule has 0 fully saturated rings. The molecule has 3 N–H and O–H groups in total. The number of carbonyl (C=O) groups is 1. The molecule has 0 unspecified atom stereocenters. The molecule has 124 valence electrons. The predicted molar refractivity (Wildman–Crippen MR) is 70.3 cm³/mol. The second-order valence-electron chi connectivity index (χ2n) is 4.46.